The van der Waals surface area contributed by atoms with E-state index in [1.165, 1.54) is 106 Å². The van der Waals surface area contributed by atoms with E-state index < -0.39 is 0 Å². The number of nitrogens with zero attached hydrogens (tertiary/aromatic N) is 3. The fourth-order valence-electron chi connectivity index (χ4n) is 11.6. The molecule has 0 radical (unpaired) electrons. The van der Waals surface area contributed by atoms with Crippen LogP contribution in [0.5, 0.6) is 0 Å². The van der Waals surface area contributed by atoms with Gasteiger partial charge in [0.2, 0.25) is 0 Å². The number of anilines is 9. The maximum atomic E-state index is 2.64. The molecule has 10 aromatic rings. The molecule has 4 aliphatic heterocycles. The first-order valence-corrected chi connectivity index (χ1v) is 22.7. The molecular weight excluding hydrogens is 784 g/mol. The van der Waals surface area contributed by atoms with Crippen molar-refractivity contribution in [2.24, 2.45) is 0 Å². The Kier molecular flexibility index (Phi) is 7.87. The topological polar surface area (TPSA) is 9.72 Å². The highest BCUT2D eigenvalue weighted by molar-refractivity contribution is 7.04. The van der Waals surface area contributed by atoms with Crippen LogP contribution >= 0.6 is 0 Å². The van der Waals surface area contributed by atoms with E-state index in [1.807, 2.05) is 0 Å². The summed E-state index contributed by atoms with van der Waals surface area (Å²) in [5, 5.41) is 0. The summed E-state index contributed by atoms with van der Waals surface area (Å²) in [5.74, 6) is 0. The van der Waals surface area contributed by atoms with Gasteiger partial charge in [-0.2, -0.15) is 0 Å². The fourth-order valence-corrected chi connectivity index (χ4v) is 11.6. The number of benzene rings is 10. The number of rotatable bonds is 5. The van der Waals surface area contributed by atoms with Gasteiger partial charge in [0.15, 0.2) is 0 Å². The van der Waals surface area contributed by atoms with E-state index in [0.717, 1.165) is 11.4 Å². The van der Waals surface area contributed by atoms with Gasteiger partial charge in [-0.1, -0.05) is 188 Å². The van der Waals surface area contributed by atoms with Crippen LogP contribution in [0.25, 0.3) is 33.4 Å². The predicted molar refractivity (Wildman–Crippen MR) is 276 cm³/mol. The summed E-state index contributed by atoms with van der Waals surface area (Å²) in [6.45, 7) is -0.0333. The lowest BCUT2D eigenvalue weighted by atomic mass is 9.28. The van der Waals surface area contributed by atoms with Crippen LogP contribution in [0, 0.1) is 0 Å². The van der Waals surface area contributed by atoms with Crippen LogP contribution in [-0.4, -0.2) is 13.4 Å². The van der Waals surface area contributed by atoms with Crippen molar-refractivity contribution in [3.8, 4) is 33.4 Å². The minimum absolute atomic E-state index is 0.00982. The quantitative estimate of drug-likeness (QED) is 0.160. The van der Waals surface area contributed by atoms with Gasteiger partial charge < -0.3 is 14.7 Å². The lowest BCUT2D eigenvalue weighted by molar-refractivity contribution is 1.23. The Bertz CT molecular complexity index is 3510. The van der Waals surface area contributed by atoms with Gasteiger partial charge in [0.25, 0.3) is 13.4 Å². The summed E-state index contributed by atoms with van der Waals surface area (Å²) in [5.41, 5.74) is 26.1. The largest absolute Gasteiger partial charge is 0.312 e. The molecule has 0 fully saturated rings. The average molecular weight is 824 g/mol. The van der Waals surface area contributed by atoms with Crippen molar-refractivity contribution in [1.82, 2.24) is 0 Å². The first-order chi connectivity index (χ1) is 32.3. The zero-order valence-electron chi connectivity index (χ0n) is 35.5. The maximum absolute atomic E-state index is 2.64. The van der Waals surface area contributed by atoms with Gasteiger partial charge >= 0.3 is 0 Å². The summed E-state index contributed by atoms with van der Waals surface area (Å²) in [7, 11) is 0. The molecule has 65 heavy (non-hydrogen) atoms. The molecule has 0 atom stereocenters. The van der Waals surface area contributed by atoms with E-state index in [9.17, 15) is 0 Å². The minimum atomic E-state index is -0.0234. The normalized spacial score (nSPS) is 13.4. The van der Waals surface area contributed by atoms with Crippen LogP contribution in [0.1, 0.15) is 0 Å². The van der Waals surface area contributed by atoms with Gasteiger partial charge in [-0.25, -0.2) is 0 Å². The second-order valence-electron chi connectivity index (χ2n) is 17.6. The Morgan fingerprint density at radius 1 is 0.246 bits per heavy atom. The van der Waals surface area contributed by atoms with Crippen LogP contribution in [0.15, 0.2) is 237 Å². The van der Waals surface area contributed by atoms with Gasteiger partial charge in [0.1, 0.15) is 0 Å². The van der Waals surface area contributed by atoms with Gasteiger partial charge in [-0.05, 0) is 109 Å². The third-order valence-corrected chi connectivity index (χ3v) is 14.2. The van der Waals surface area contributed by atoms with Crippen molar-refractivity contribution >= 4 is 97.4 Å². The summed E-state index contributed by atoms with van der Waals surface area (Å²) < 4.78 is 0. The predicted octanol–water partition coefficient (Wildman–Crippen LogP) is 11.4. The van der Waals surface area contributed by atoms with E-state index in [0.29, 0.717) is 0 Å². The molecule has 4 heterocycles. The lowest BCUT2D eigenvalue weighted by Crippen LogP contribution is -2.68. The van der Waals surface area contributed by atoms with Crippen LogP contribution < -0.4 is 47.5 Å². The summed E-state index contributed by atoms with van der Waals surface area (Å²) in [6.07, 6.45) is 0. The van der Waals surface area contributed by atoms with E-state index in [2.05, 4.69) is 251 Å². The van der Waals surface area contributed by atoms with Crippen LogP contribution in [0.4, 0.5) is 51.2 Å². The first-order valence-electron chi connectivity index (χ1n) is 22.7. The van der Waals surface area contributed by atoms with E-state index in [-0.39, 0.29) is 13.4 Å². The molecule has 0 aliphatic carbocycles. The highest BCUT2D eigenvalue weighted by atomic mass is 15.2. The van der Waals surface area contributed by atoms with Crippen molar-refractivity contribution in [2.75, 3.05) is 14.7 Å². The Hall–Kier alpha value is -8.27. The number of hydrogen-bond acceptors (Lipinski definition) is 3. The molecule has 10 aromatic carbocycles. The van der Waals surface area contributed by atoms with Gasteiger partial charge in [-0.3, -0.25) is 0 Å². The van der Waals surface area contributed by atoms with Gasteiger partial charge in [0.05, 0.1) is 5.69 Å². The molecule has 0 bridgehead atoms. The first kappa shape index (κ1) is 36.2. The van der Waals surface area contributed by atoms with Crippen molar-refractivity contribution < 1.29 is 0 Å². The Labute approximate surface area is 380 Å². The second kappa shape index (κ2) is 14.1. The summed E-state index contributed by atoms with van der Waals surface area (Å²) >= 11 is 0. The highest BCUT2D eigenvalue weighted by Crippen LogP contribution is 2.51. The van der Waals surface area contributed by atoms with Gasteiger partial charge in [-0.15, -0.1) is 0 Å². The molecular formula is C60H39B2N3. The third kappa shape index (κ3) is 5.27. The molecule has 0 saturated heterocycles. The molecule has 3 nitrogen and oxygen atoms in total. The van der Waals surface area contributed by atoms with E-state index in [4.69, 9.17) is 0 Å². The minimum Gasteiger partial charge on any atom is -0.312 e. The molecule has 0 amide bonds. The standard InChI is InChI=1S/C60H39B2N3/c1-5-19-40(20-6-1)43-33-35-54-49(37-43)61-47-28-14-17-31-52(47)63(45-25-11-4-12-26-45)56-39-57-59-60(58(56)61)65(54)55-36-34-44(41-21-7-2-8-22-41)38-50(55)62(59)48-29-15-18-32-53(48)64(57)51-30-16-13-27-46(51)42-23-9-3-10-24-42/h1-39H. The van der Waals surface area contributed by atoms with E-state index >= 15 is 0 Å². The molecule has 0 unspecified atom stereocenters. The molecule has 0 spiro atoms. The third-order valence-electron chi connectivity index (χ3n) is 14.2. The molecule has 0 N–H and O–H groups in total. The molecule has 14 rings (SSSR count). The molecule has 5 heteroatoms. The molecule has 300 valence electrons. The fraction of sp³-hybridized carbons (Fsp3) is 0. The number of fused-ring (bicyclic) bond motifs is 10. The Morgan fingerprint density at radius 3 is 1.22 bits per heavy atom. The SMILES string of the molecule is c1ccc(-c2ccc3c(c2)B2c4ccccc4N(c4ccccc4)c4cc5c6c(c42)N3c2ccc(-c3ccccc3)cc2B6c2ccccc2N5c2ccccc2-c2ccccc2)cc1. The zero-order chi connectivity index (χ0) is 42.6. The van der Waals surface area contributed by atoms with Crippen molar-refractivity contribution in [3.05, 3.63) is 237 Å². The van der Waals surface area contributed by atoms with Crippen molar-refractivity contribution in [3.63, 3.8) is 0 Å². The average Bonchev–Trinajstić information content (AvgIpc) is 3.39. The number of para-hydroxylation sites is 4. The van der Waals surface area contributed by atoms with E-state index in [1.54, 1.807) is 0 Å². The van der Waals surface area contributed by atoms with Crippen LogP contribution in [0.2, 0.25) is 0 Å². The van der Waals surface area contributed by atoms with Crippen LogP contribution in [0.3, 0.4) is 0 Å². The Morgan fingerprint density at radius 2 is 0.662 bits per heavy atom. The monoisotopic (exact) mass is 823 g/mol. The summed E-state index contributed by atoms with van der Waals surface area (Å²) in [4.78, 5) is 7.76. The highest BCUT2D eigenvalue weighted by Gasteiger charge is 2.51. The van der Waals surface area contributed by atoms with Crippen LogP contribution in [-0.2, 0) is 0 Å². The number of hydrogen-bond donors (Lipinski definition) is 0. The maximum Gasteiger partial charge on any atom is 0.252 e. The smallest absolute Gasteiger partial charge is 0.252 e. The second-order valence-corrected chi connectivity index (χ2v) is 17.6. The Balaban J connectivity index is 1.15. The lowest BCUT2D eigenvalue weighted by Gasteiger charge is -2.51. The van der Waals surface area contributed by atoms with Crippen molar-refractivity contribution in [2.45, 2.75) is 0 Å². The van der Waals surface area contributed by atoms with Gasteiger partial charge in [0, 0.05) is 51.1 Å². The van der Waals surface area contributed by atoms with Crippen molar-refractivity contribution in [1.29, 1.82) is 0 Å². The molecule has 0 aromatic heterocycles. The molecule has 0 saturated carbocycles. The summed E-state index contributed by atoms with van der Waals surface area (Å²) in [6, 6.07) is 87.8. The zero-order valence-corrected chi connectivity index (χ0v) is 35.5. The molecule has 4 aliphatic rings.